The Kier molecular flexibility index (Phi) is 8.77. The van der Waals surface area contributed by atoms with Crippen LogP contribution < -0.4 is 5.32 Å². The lowest BCUT2D eigenvalue weighted by atomic mass is 9.95. The Morgan fingerprint density at radius 3 is 2.71 bits per heavy atom. The number of rotatable bonds is 7. The van der Waals surface area contributed by atoms with Gasteiger partial charge in [-0.05, 0) is 58.0 Å². The van der Waals surface area contributed by atoms with E-state index in [9.17, 15) is 4.79 Å². The van der Waals surface area contributed by atoms with Crippen LogP contribution in [0.25, 0.3) is 0 Å². The van der Waals surface area contributed by atoms with Crippen molar-refractivity contribution in [1.29, 1.82) is 0 Å². The van der Waals surface area contributed by atoms with Crippen molar-refractivity contribution in [3.05, 3.63) is 11.1 Å². The Morgan fingerprint density at radius 2 is 2.14 bits per heavy atom. The molecule has 0 saturated carbocycles. The highest BCUT2D eigenvalue weighted by Crippen LogP contribution is 2.18. The molecule has 0 aromatic heterocycles. The van der Waals surface area contributed by atoms with Gasteiger partial charge in [0, 0.05) is 18.1 Å². The van der Waals surface area contributed by atoms with Gasteiger partial charge < -0.3 is 15.0 Å². The van der Waals surface area contributed by atoms with E-state index in [0.717, 1.165) is 50.5 Å². The number of carbonyl (C=O) groups excluding carboxylic acids is 1. The fourth-order valence-electron chi connectivity index (χ4n) is 2.66. The van der Waals surface area contributed by atoms with E-state index < -0.39 is 0 Å². The molecule has 1 saturated heterocycles. The number of halogens is 1. The van der Waals surface area contributed by atoms with Crippen molar-refractivity contribution in [1.82, 2.24) is 10.2 Å². The minimum Gasteiger partial charge on any atom is -0.450 e. The summed E-state index contributed by atoms with van der Waals surface area (Å²) >= 11 is 5.87. The Hall–Kier alpha value is -0.740. The number of likely N-dealkylation sites (tertiary alicyclic amines) is 1. The topological polar surface area (TPSA) is 41.6 Å². The predicted octanol–water partition coefficient (Wildman–Crippen LogP) is 3.61. The molecule has 1 unspecified atom stereocenters. The first-order chi connectivity index (χ1) is 10.0. The van der Waals surface area contributed by atoms with Crippen LogP contribution >= 0.6 is 11.6 Å². The number of hydrogen-bond donors (Lipinski definition) is 1. The normalized spacial score (nSPS) is 19.3. The molecule has 5 heteroatoms. The van der Waals surface area contributed by atoms with Gasteiger partial charge >= 0.3 is 6.09 Å². The highest BCUT2D eigenvalue weighted by Gasteiger charge is 2.20. The summed E-state index contributed by atoms with van der Waals surface area (Å²) in [7, 11) is 0. The van der Waals surface area contributed by atoms with Crippen LogP contribution in [-0.4, -0.2) is 43.8 Å². The summed E-state index contributed by atoms with van der Waals surface area (Å²) in [4.78, 5) is 13.8. The molecule has 0 radical (unpaired) electrons. The van der Waals surface area contributed by atoms with Gasteiger partial charge in [-0.25, -0.2) is 4.79 Å². The predicted molar refractivity (Wildman–Crippen MR) is 87.6 cm³/mol. The molecule has 0 spiro atoms. The fraction of sp³-hybridized carbons (Fsp3) is 0.812. The van der Waals surface area contributed by atoms with E-state index in [1.54, 1.807) is 0 Å². The molecular weight excluding hydrogens is 288 g/mol. The number of amides is 1. The maximum Gasteiger partial charge on any atom is 0.407 e. The third-order valence-corrected chi connectivity index (χ3v) is 4.04. The van der Waals surface area contributed by atoms with E-state index in [-0.39, 0.29) is 6.09 Å². The van der Waals surface area contributed by atoms with Crippen molar-refractivity contribution in [2.24, 2.45) is 11.8 Å². The van der Waals surface area contributed by atoms with E-state index >= 15 is 0 Å². The number of allylic oxidation sites excluding steroid dienone is 2. The molecule has 1 N–H and O–H groups in total. The van der Waals surface area contributed by atoms with Crippen molar-refractivity contribution < 1.29 is 9.53 Å². The van der Waals surface area contributed by atoms with Crippen molar-refractivity contribution >= 4 is 17.7 Å². The lowest BCUT2D eigenvalue weighted by Crippen LogP contribution is -2.40. The molecule has 0 aliphatic carbocycles. The third-order valence-electron chi connectivity index (χ3n) is 3.89. The number of nitrogens with one attached hydrogen (secondary N) is 1. The molecule has 122 valence electrons. The summed E-state index contributed by atoms with van der Waals surface area (Å²) in [5.74, 6) is 1.21. The lowest BCUT2D eigenvalue weighted by molar-refractivity contribution is 0.140. The summed E-state index contributed by atoms with van der Waals surface area (Å²) in [5.41, 5.74) is 0. The van der Waals surface area contributed by atoms with E-state index in [1.165, 1.54) is 0 Å². The molecule has 1 aliphatic rings. The number of hydrogen-bond acceptors (Lipinski definition) is 3. The first-order valence-electron chi connectivity index (χ1n) is 7.96. The van der Waals surface area contributed by atoms with E-state index in [2.05, 4.69) is 23.2 Å². The zero-order valence-electron chi connectivity index (χ0n) is 13.5. The number of nitrogens with zero attached hydrogens (tertiary/aromatic N) is 1. The standard InChI is InChI=1S/C16H29ClN2O2/c1-4-21-16(20)18-11-15-7-9-19(10-8-15)12-13(2)5-6-14(3)17/h6,13,15H,4-5,7-12H2,1-3H3,(H,18,20)/b14-6+. The van der Waals surface area contributed by atoms with Gasteiger partial charge in [-0.1, -0.05) is 24.6 Å². The molecule has 0 aromatic carbocycles. The summed E-state index contributed by atoms with van der Waals surface area (Å²) < 4.78 is 4.88. The molecule has 4 nitrogen and oxygen atoms in total. The third kappa shape index (κ3) is 8.32. The SMILES string of the molecule is CCOC(=O)NCC1CCN(CC(C)C/C=C(\C)Cl)CC1. The van der Waals surface area contributed by atoms with Crippen LogP contribution in [0.5, 0.6) is 0 Å². The quantitative estimate of drug-likeness (QED) is 0.780. The average Bonchev–Trinajstić information content (AvgIpc) is 2.45. The van der Waals surface area contributed by atoms with Gasteiger partial charge in [-0.3, -0.25) is 0 Å². The van der Waals surface area contributed by atoms with Gasteiger partial charge in [0.15, 0.2) is 0 Å². The number of carbonyl (C=O) groups is 1. The Balaban J connectivity index is 2.17. The summed E-state index contributed by atoms with van der Waals surface area (Å²) in [6, 6.07) is 0. The van der Waals surface area contributed by atoms with E-state index in [0.29, 0.717) is 18.4 Å². The number of piperidine rings is 1. The van der Waals surface area contributed by atoms with E-state index in [1.807, 2.05) is 13.8 Å². The van der Waals surface area contributed by atoms with Crippen LogP contribution in [0.1, 0.15) is 40.0 Å². The average molecular weight is 317 g/mol. The monoisotopic (exact) mass is 316 g/mol. The van der Waals surface area contributed by atoms with Crippen LogP contribution in [0.4, 0.5) is 4.79 Å². The lowest BCUT2D eigenvalue weighted by Gasteiger charge is -2.33. The smallest absolute Gasteiger partial charge is 0.407 e. The van der Waals surface area contributed by atoms with Gasteiger partial charge in [-0.15, -0.1) is 0 Å². The molecule has 1 heterocycles. The zero-order valence-corrected chi connectivity index (χ0v) is 14.3. The van der Waals surface area contributed by atoms with Crippen LogP contribution in [0.2, 0.25) is 0 Å². The zero-order chi connectivity index (χ0) is 15.7. The van der Waals surface area contributed by atoms with Crippen molar-refractivity contribution in [2.45, 2.75) is 40.0 Å². The maximum atomic E-state index is 11.3. The highest BCUT2D eigenvalue weighted by molar-refractivity contribution is 6.29. The van der Waals surface area contributed by atoms with Crippen molar-refractivity contribution in [3.8, 4) is 0 Å². The second kappa shape index (κ2) is 10.1. The molecular formula is C16H29ClN2O2. The summed E-state index contributed by atoms with van der Waals surface area (Å²) in [6.45, 7) is 10.5. The molecule has 0 aromatic rings. The largest absolute Gasteiger partial charge is 0.450 e. The molecule has 1 rings (SSSR count). The second-order valence-electron chi connectivity index (χ2n) is 5.98. The summed E-state index contributed by atoms with van der Waals surface area (Å²) in [6.07, 6.45) is 5.13. The Labute approximate surface area is 133 Å². The molecule has 21 heavy (non-hydrogen) atoms. The molecule has 1 atom stereocenters. The van der Waals surface area contributed by atoms with Crippen LogP contribution in [0.15, 0.2) is 11.1 Å². The first kappa shape index (κ1) is 18.3. The Bertz CT molecular complexity index is 335. The maximum absolute atomic E-state index is 11.3. The van der Waals surface area contributed by atoms with Crippen molar-refractivity contribution in [3.63, 3.8) is 0 Å². The van der Waals surface area contributed by atoms with Gasteiger partial charge in [0.05, 0.1) is 6.61 Å². The molecule has 1 fully saturated rings. The minimum atomic E-state index is -0.295. The van der Waals surface area contributed by atoms with Crippen molar-refractivity contribution in [2.75, 3.05) is 32.8 Å². The van der Waals surface area contributed by atoms with Crippen LogP contribution in [0, 0.1) is 11.8 Å². The first-order valence-corrected chi connectivity index (χ1v) is 8.34. The minimum absolute atomic E-state index is 0.295. The van der Waals surface area contributed by atoms with Crippen LogP contribution in [0.3, 0.4) is 0 Å². The van der Waals surface area contributed by atoms with Gasteiger partial charge in [-0.2, -0.15) is 0 Å². The Morgan fingerprint density at radius 1 is 1.48 bits per heavy atom. The highest BCUT2D eigenvalue weighted by atomic mass is 35.5. The molecule has 1 amide bonds. The second-order valence-corrected chi connectivity index (χ2v) is 6.57. The number of ether oxygens (including phenoxy) is 1. The number of alkyl carbamates (subject to hydrolysis) is 1. The summed E-state index contributed by atoms with van der Waals surface area (Å²) in [5, 5.41) is 3.72. The van der Waals surface area contributed by atoms with Gasteiger partial charge in [0.1, 0.15) is 0 Å². The van der Waals surface area contributed by atoms with Crippen LogP contribution in [-0.2, 0) is 4.74 Å². The van der Waals surface area contributed by atoms with Gasteiger partial charge in [0.25, 0.3) is 0 Å². The van der Waals surface area contributed by atoms with E-state index in [4.69, 9.17) is 16.3 Å². The molecule has 0 bridgehead atoms. The molecule has 1 aliphatic heterocycles. The van der Waals surface area contributed by atoms with Gasteiger partial charge in [0.2, 0.25) is 0 Å². The fourth-order valence-corrected chi connectivity index (χ4v) is 2.75.